The minimum Gasteiger partial charge on any atom is -0.378 e. The second-order valence-electron chi connectivity index (χ2n) is 3.25. The molecule has 2 rings (SSSR count). The van der Waals surface area contributed by atoms with E-state index >= 15 is 0 Å². The summed E-state index contributed by atoms with van der Waals surface area (Å²) in [7, 11) is 0. The van der Waals surface area contributed by atoms with Gasteiger partial charge in [-0.25, -0.2) is 0 Å². The molecule has 0 spiro atoms. The van der Waals surface area contributed by atoms with Crippen LogP contribution in [0.2, 0.25) is 0 Å². The highest BCUT2D eigenvalue weighted by Gasteiger charge is 2.17. The van der Waals surface area contributed by atoms with Crippen LogP contribution in [0.4, 0.5) is 0 Å². The first kappa shape index (κ1) is 13.5. The van der Waals surface area contributed by atoms with Gasteiger partial charge in [0.05, 0.1) is 19.3 Å². The van der Waals surface area contributed by atoms with Gasteiger partial charge in [0.15, 0.2) is 0 Å². The van der Waals surface area contributed by atoms with E-state index in [2.05, 4.69) is 49.3 Å². The Bertz CT molecular complexity index is 329. The summed E-state index contributed by atoms with van der Waals surface area (Å²) >= 11 is 7.02. The predicted octanol–water partition coefficient (Wildman–Crippen LogP) is 3.29. The van der Waals surface area contributed by atoms with E-state index in [4.69, 9.17) is 4.74 Å². The summed E-state index contributed by atoms with van der Waals surface area (Å²) in [6, 6.07) is 6.50. The van der Waals surface area contributed by atoms with Crippen molar-refractivity contribution < 1.29 is 4.74 Å². The van der Waals surface area contributed by atoms with Gasteiger partial charge in [0.2, 0.25) is 0 Å². The molecule has 1 atom stereocenters. The Labute approximate surface area is 112 Å². The van der Waals surface area contributed by atoms with Crippen LogP contribution in [-0.2, 0) is 4.74 Å². The van der Waals surface area contributed by atoms with Crippen molar-refractivity contribution in [2.45, 2.75) is 6.04 Å². The van der Waals surface area contributed by atoms with Crippen LogP contribution in [0, 0.1) is 0 Å². The van der Waals surface area contributed by atoms with Crippen molar-refractivity contribution in [3.8, 4) is 0 Å². The number of morpholine rings is 1. The monoisotopic (exact) mass is 355 g/mol. The summed E-state index contributed by atoms with van der Waals surface area (Å²) in [5, 5.41) is 3.43. The third kappa shape index (κ3) is 3.43. The van der Waals surface area contributed by atoms with Crippen molar-refractivity contribution >= 4 is 44.3 Å². The number of nitrogens with one attached hydrogen (secondary N) is 1. The van der Waals surface area contributed by atoms with Crippen LogP contribution in [-0.4, -0.2) is 19.8 Å². The lowest BCUT2D eigenvalue weighted by molar-refractivity contribution is 0.0766. The number of halogens is 3. The highest BCUT2D eigenvalue weighted by molar-refractivity contribution is 9.11. The van der Waals surface area contributed by atoms with Crippen LogP contribution >= 0.6 is 44.3 Å². The molecule has 84 valence electrons. The second kappa shape index (κ2) is 6.21. The first-order chi connectivity index (χ1) is 6.77. The number of hydrogen-bond donors (Lipinski definition) is 1. The standard InChI is InChI=1S/C10H11Br2NO.ClH/c11-7-1-2-9(12)8(5-7)10-6-14-4-3-13-10;/h1-2,5,10,13H,3-4,6H2;1H/t10-;/m1./s1. The van der Waals surface area contributed by atoms with Gasteiger partial charge in [0.1, 0.15) is 0 Å². The lowest BCUT2D eigenvalue weighted by Crippen LogP contribution is -2.34. The maximum Gasteiger partial charge on any atom is 0.0662 e. The van der Waals surface area contributed by atoms with Crippen LogP contribution in [0.3, 0.4) is 0 Å². The second-order valence-corrected chi connectivity index (χ2v) is 5.02. The predicted molar refractivity (Wildman–Crippen MR) is 70.7 cm³/mol. The molecule has 0 amide bonds. The zero-order valence-electron chi connectivity index (χ0n) is 8.00. The van der Waals surface area contributed by atoms with Crippen molar-refractivity contribution in [3.63, 3.8) is 0 Å². The van der Waals surface area contributed by atoms with Gasteiger partial charge in [-0.15, -0.1) is 12.4 Å². The van der Waals surface area contributed by atoms with E-state index in [1.54, 1.807) is 0 Å². The van der Waals surface area contributed by atoms with Crippen molar-refractivity contribution in [2.24, 2.45) is 0 Å². The van der Waals surface area contributed by atoms with Crippen LogP contribution in [0.15, 0.2) is 27.1 Å². The molecule has 0 aliphatic carbocycles. The number of rotatable bonds is 1. The zero-order valence-corrected chi connectivity index (χ0v) is 12.0. The van der Waals surface area contributed by atoms with E-state index in [0.717, 1.165) is 28.7 Å². The summed E-state index contributed by atoms with van der Waals surface area (Å²) < 4.78 is 7.66. The molecule has 0 aromatic heterocycles. The highest BCUT2D eigenvalue weighted by Crippen LogP contribution is 2.27. The Morgan fingerprint density at radius 3 is 2.80 bits per heavy atom. The lowest BCUT2D eigenvalue weighted by atomic mass is 10.1. The fraction of sp³-hybridized carbons (Fsp3) is 0.400. The topological polar surface area (TPSA) is 21.3 Å². The maximum atomic E-state index is 5.43. The SMILES string of the molecule is Brc1ccc(Br)c([C@H]2COCCN2)c1.Cl. The Morgan fingerprint density at radius 1 is 1.33 bits per heavy atom. The molecule has 1 fully saturated rings. The molecule has 5 heteroatoms. The van der Waals surface area contributed by atoms with E-state index in [9.17, 15) is 0 Å². The smallest absolute Gasteiger partial charge is 0.0662 e. The molecule has 0 bridgehead atoms. The third-order valence-corrected chi connectivity index (χ3v) is 3.47. The van der Waals surface area contributed by atoms with E-state index in [1.165, 1.54) is 5.56 Å². The molecule has 0 saturated carbocycles. The molecule has 1 aromatic carbocycles. The Balaban J connectivity index is 0.00000112. The minimum absolute atomic E-state index is 0. The van der Waals surface area contributed by atoms with Gasteiger partial charge in [0, 0.05) is 15.5 Å². The largest absolute Gasteiger partial charge is 0.378 e. The first-order valence-corrected chi connectivity index (χ1v) is 6.12. The number of ether oxygens (including phenoxy) is 1. The molecule has 1 aliphatic heterocycles. The summed E-state index contributed by atoms with van der Waals surface area (Å²) in [4.78, 5) is 0. The molecule has 1 saturated heterocycles. The molecule has 1 N–H and O–H groups in total. The lowest BCUT2D eigenvalue weighted by Gasteiger charge is -2.25. The molecule has 15 heavy (non-hydrogen) atoms. The third-order valence-electron chi connectivity index (χ3n) is 2.26. The molecule has 0 unspecified atom stereocenters. The van der Waals surface area contributed by atoms with Gasteiger partial charge < -0.3 is 10.1 Å². The van der Waals surface area contributed by atoms with E-state index in [1.807, 2.05) is 6.07 Å². The number of benzene rings is 1. The molecule has 0 radical (unpaired) electrons. The summed E-state index contributed by atoms with van der Waals surface area (Å²) in [6.07, 6.45) is 0. The molecule has 1 aliphatic rings. The highest BCUT2D eigenvalue weighted by atomic mass is 79.9. The number of hydrogen-bond acceptors (Lipinski definition) is 2. The van der Waals surface area contributed by atoms with Crippen LogP contribution in [0.5, 0.6) is 0 Å². The fourth-order valence-electron chi connectivity index (χ4n) is 1.55. The molecule has 1 heterocycles. The minimum atomic E-state index is 0. The van der Waals surface area contributed by atoms with Gasteiger partial charge in [-0.3, -0.25) is 0 Å². The van der Waals surface area contributed by atoms with Crippen molar-refractivity contribution in [3.05, 3.63) is 32.7 Å². The van der Waals surface area contributed by atoms with Gasteiger partial charge in [-0.1, -0.05) is 31.9 Å². The molecule has 2 nitrogen and oxygen atoms in total. The van der Waals surface area contributed by atoms with Crippen LogP contribution in [0.1, 0.15) is 11.6 Å². The van der Waals surface area contributed by atoms with Gasteiger partial charge in [0.25, 0.3) is 0 Å². The van der Waals surface area contributed by atoms with Gasteiger partial charge in [-0.2, -0.15) is 0 Å². The summed E-state index contributed by atoms with van der Waals surface area (Å²) in [5.74, 6) is 0. The first-order valence-electron chi connectivity index (χ1n) is 4.53. The average Bonchev–Trinajstić information content (AvgIpc) is 2.23. The van der Waals surface area contributed by atoms with E-state index < -0.39 is 0 Å². The maximum absolute atomic E-state index is 5.43. The van der Waals surface area contributed by atoms with Crippen LogP contribution < -0.4 is 5.32 Å². The summed E-state index contributed by atoms with van der Waals surface area (Å²) in [6.45, 7) is 2.47. The van der Waals surface area contributed by atoms with Crippen molar-refractivity contribution in [2.75, 3.05) is 19.8 Å². The molecule has 1 aromatic rings. The van der Waals surface area contributed by atoms with Crippen molar-refractivity contribution in [1.29, 1.82) is 0 Å². The average molecular weight is 357 g/mol. The van der Waals surface area contributed by atoms with Gasteiger partial charge >= 0.3 is 0 Å². The van der Waals surface area contributed by atoms with Gasteiger partial charge in [-0.05, 0) is 23.8 Å². The summed E-state index contributed by atoms with van der Waals surface area (Å²) in [5.41, 5.74) is 1.25. The molecular formula is C10H12Br2ClNO. The Hall–Kier alpha value is 0.390. The quantitative estimate of drug-likeness (QED) is 0.833. The zero-order chi connectivity index (χ0) is 9.97. The fourth-order valence-corrected chi connectivity index (χ4v) is 2.45. The Kier molecular flexibility index (Phi) is 5.57. The van der Waals surface area contributed by atoms with Crippen molar-refractivity contribution in [1.82, 2.24) is 5.32 Å². The van der Waals surface area contributed by atoms with Crippen LogP contribution in [0.25, 0.3) is 0 Å². The normalized spacial score (nSPS) is 20.8. The Morgan fingerprint density at radius 2 is 2.13 bits per heavy atom. The van der Waals surface area contributed by atoms with E-state index in [0.29, 0.717) is 6.04 Å². The van der Waals surface area contributed by atoms with E-state index in [-0.39, 0.29) is 12.4 Å². The molecular weight excluding hydrogens is 345 g/mol.